The van der Waals surface area contributed by atoms with E-state index in [4.69, 9.17) is 4.74 Å². The fraction of sp³-hybridized carbons (Fsp3) is 0.583. The fourth-order valence-corrected chi connectivity index (χ4v) is 2.39. The molecule has 0 bridgehead atoms. The van der Waals surface area contributed by atoms with Crippen LogP contribution < -0.4 is 10.0 Å². The molecule has 0 spiro atoms. The Balaban J connectivity index is 1.89. The third-order valence-corrected chi connectivity index (χ3v) is 4.46. The molecule has 1 fully saturated rings. The van der Waals surface area contributed by atoms with Crippen LogP contribution in [0.4, 0.5) is 11.5 Å². The molecule has 1 atom stereocenters. The van der Waals surface area contributed by atoms with Gasteiger partial charge < -0.3 is 10.1 Å². The van der Waals surface area contributed by atoms with Gasteiger partial charge >= 0.3 is 10.2 Å². The average Bonchev–Trinajstić information content (AvgIpc) is 2.90. The van der Waals surface area contributed by atoms with Gasteiger partial charge in [-0.15, -0.1) is 0 Å². The van der Waals surface area contributed by atoms with Crippen LogP contribution in [-0.2, 0) is 14.9 Å². The Hall–Kier alpha value is -1.38. The van der Waals surface area contributed by atoms with Crippen molar-refractivity contribution in [1.82, 2.24) is 9.29 Å². The Morgan fingerprint density at radius 3 is 2.80 bits per heavy atom. The molecule has 1 aliphatic rings. The maximum Gasteiger partial charge on any atom is 0.302 e. The second kappa shape index (κ2) is 6.38. The average molecular weight is 300 g/mol. The fourth-order valence-electron chi connectivity index (χ4n) is 1.82. The van der Waals surface area contributed by atoms with Crippen LogP contribution in [0.2, 0.25) is 0 Å². The van der Waals surface area contributed by atoms with Gasteiger partial charge in [0, 0.05) is 27.2 Å². The second-order valence-corrected chi connectivity index (χ2v) is 6.72. The van der Waals surface area contributed by atoms with E-state index >= 15 is 0 Å². The molecule has 1 saturated heterocycles. The van der Waals surface area contributed by atoms with E-state index in [-0.39, 0.29) is 6.10 Å². The quantitative estimate of drug-likeness (QED) is 0.815. The first-order chi connectivity index (χ1) is 9.47. The largest absolute Gasteiger partial charge is 0.381 e. The Labute approximate surface area is 119 Å². The highest BCUT2D eigenvalue weighted by molar-refractivity contribution is 7.90. The standard InChI is InChI=1S/C12H20N4O3S/c1-16(2)20(17,18)15-12-6-5-10(8-14-12)13-9-11-4-3-7-19-11/h5-6,8,11,13H,3-4,7,9H2,1-2H3,(H,14,15). The van der Waals surface area contributed by atoms with E-state index in [1.54, 1.807) is 18.3 Å². The van der Waals surface area contributed by atoms with Crippen molar-refractivity contribution in [1.29, 1.82) is 0 Å². The topological polar surface area (TPSA) is 83.6 Å². The maximum atomic E-state index is 11.6. The molecular formula is C12H20N4O3S. The van der Waals surface area contributed by atoms with E-state index in [0.29, 0.717) is 5.82 Å². The summed E-state index contributed by atoms with van der Waals surface area (Å²) in [5, 5.41) is 3.22. The Morgan fingerprint density at radius 1 is 1.45 bits per heavy atom. The third-order valence-electron chi connectivity index (χ3n) is 3.04. The number of pyridine rings is 1. The number of ether oxygens (including phenoxy) is 1. The molecule has 20 heavy (non-hydrogen) atoms. The first kappa shape index (κ1) is 15.0. The molecule has 1 aliphatic heterocycles. The monoisotopic (exact) mass is 300 g/mol. The van der Waals surface area contributed by atoms with E-state index < -0.39 is 10.2 Å². The van der Waals surface area contributed by atoms with Crippen LogP contribution in [0.25, 0.3) is 0 Å². The van der Waals surface area contributed by atoms with Gasteiger partial charge in [0.1, 0.15) is 5.82 Å². The van der Waals surface area contributed by atoms with E-state index in [2.05, 4.69) is 15.0 Å². The molecule has 0 aromatic carbocycles. The minimum absolute atomic E-state index is 0.252. The molecule has 1 aromatic heterocycles. The molecule has 112 valence electrons. The molecule has 0 saturated carbocycles. The summed E-state index contributed by atoms with van der Waals surface area (Å²) < 4.78 is 32.2. The van der Waals surface area contributed by atoms with Crippen molar-refractivity contribution in [2.75, 3.05) is 37.3 Å². The molecule has 2 rings (SSSR count). The molecule has 0 radical (unpaired) electrons. The lowest BCUT2D eigenvalue weighted by Crippen LogP contribution is -2.29. The van der Waals surface area contributed by atoms with Crippen molar-refractivity contribution in [3.63, 3.8) is 0 Å². The predicted octanol–water partition coefficient (Wildman–Crippen LogP) is 0.891. The number of anilines is 2. The van der Waals surface area contributed by atoms with E-state index in [9.17, 15) is 8.42 Å². The Kier molecular flexibility index (Phi) is 4.79. The lowest BCUT2D eigenvalue weighted by Gasteiger charge is -2.14. The molecule has 2 heterocycles. The lowest BCUT2D eigenvalue weighted by atomic mass is 10.2. The van der Waals surface area contributed by atoms with Gasteiger partial charge in [-0.25, -0.2) is 4.98 Å². The Bertz CT molecular complexity index is 524. The van der Waals surface area contributed by atoms with Gasteiger partial charge in [-0.3, -0.25) is 4.72 Å². The summed E-state index contributed by atoms with van der Waals surface area (Å²) in [6, 6.07) is 3.41. The van der Waals surface area contributed by atoms with Gasteiger partial charge in [0.15, 0.2) is 0 Å². The van der Waals surface area contributed by atoms with Gasteiger partial charge in [-0.1, -0.05) is 0 Å². The van der Waals surface area contributed by atoms with Crippen LogP contribution in [0.15, 0.2) is 18.3 Å². The summed E-state index contributed by atoms with van der Waals surface area (Å²) in [6.07, 6.45) is 4.03. The van der Waals surface area contributed by atoms with Gasteiger partial charge in [0.2, 0.25) is 0 Å². The van der Waals surface area contributed by atoms with E-state index in [0.717, 1.165) is 36.0 Å². The highest BCUT2D eigenvalue weighted by Gasteiger charge is 2.15. The number of rotatable bonds is 6. The summed E-state index contributed by atoms with van der Waals surface area (Å²) in [7, 11) is -0.593. The van der Waals surface area contributed by atoms with Crippen molar-refractivity contribution in [3.05, 3.63) is 18.3 Å². The molecule has 8 heteroatoms. The zero-order valence-electron chi connectivity index (χ0n) is 11.7. The van der Waals surface area contributed by atoms with Crippen molar-refractivity contribution in [3.8, 4) is 0 Å². The highest BCUT2D eigenvalue weighted by atomic mass is 32.2. The number of nitrogens with one attached hydrogen (secondary N) is 2. The summed E-state index contributed by atoms with van der Waals surface area (Å²) >= 11 is 0. The van der Waals surface area contributed by atoms with Crippen LogP contribution in [-0.4, -0.2) is 51.1 Å². The summed E-state index contributed by atoms with van der Waals surface area (Å²) in [6.45, 7) is 1.57. The second-order valence-electron chi connectivity index (χ2n) is 4.84. The third kappa shape index (κ3) is 4.06. The van der Waals surface area contributed by atoms with Crippen LogP contribution >= 0.6 is 0 Å². The van der Waals surface area contributed by atoms with E-state index in [1.165, 1.54) is 14.1 Å². The molecule has 1 unspecified atom stereocenters. The minimum atomic E-state index is -3.51. The molecule has 0 aliphatic carbocycles. The Morgan fingerprint density at radius 2 is 2.25 bits per heavy atom. The number of aromatic nitrogens is 1. The summed E-state index contributed by atoms with van der Waals surface area (Å²) in [4.78, 5) is 4.07. The van der Waals surface area contributed by atoms with Crippen molar-refractivity contribution in [2.45, 2.75) is 18.9 Å². The lowest BCUT2D eigenvalue weighted by molar-refractivity contribution is 0.120. The zero-order chi connectivity index (χ0) is 14.6. The molecule has 2 N–H and O–H groups in total. The zero-order valence-corrected chi connectivity index (χ0v) is 12.5. The number of hydrogen-bond donors (Lipinski definition) is 2. The van der Waals surface area contributed by atoms with Crippen molar-refractivity contribution < 1.29 is 13.2 Å². The predicted molar refractivity (Wildman–Crippen MR) is 77.9 cm³/mol. The number of hydrogen-bond acceptors (Lipinski definition) is 5. The smallest absolute Gasteiger partial charge is 0.302 e. The minimum Gasteiger partial charge on any atom is -0.381 e. The first-order valence-electron chi connectivity index (χ1n) is 6.49. The molecular weight excluding hydrogens is 280 g/mol. The maximum absolute atomic E-state index is 11.6. The van der Waals surface area contributed by atoms with Crippen LogP contribution in [0.1, 0.15) is 12.8 Å². The highest BCUT2D eigenvalue weighted by Crippen LogP contribution is 2.15. The van der Waals surface area contributed by atoms with Crippen LogP contribution in [0.3, 0.4) is 0 Å². The van der Waals surface area contributed by atoms with Crippen molar-refractivity contribution in [2.24, 2.45) is 0 Å². The molecule has 1 aromatic rings. The van der Waals surface area contributed by atoms with E-state index in [1.807, 2.05) is 0 Å². The summed E-state index contributed by atoms with van der Waals surface area (Å²) in [5.74, 6) is 0.293. The van der Waals surface area contributed by atoms with Gasteiger partial charge in [0.25, 0.3) is 0 Å². The normalized spacial score (nSPS) is 19.2. The summed E-state index contributed by atoms with van der Waals surface area (Å²) in [5.41, 5.74) is 0.841. The van der Waals surface area contributed by atoms with Crippen molar-refractivity contribution >= 4 is 21.7 Å². The van der Waals surface area contributed by atoms with Crippen LogP contribution in [0.5, 0.6) is 0 Å². The van der Waals surface area contributed by atoms with Gasteiger partial charge in [-0.2, -0.15) is 12.7 Å². The van der Waals surface area contributed by atoms with Crippen LogP contribution in [0, 0.1) is 0 Å². The SMILES string of the molecule is CN(C)S(=O)(=O)Nc1ccc(NCC2CCCO2)cn1. The first-order valence-corrected chi connectivity index (χ1v) is 7.93. The molecule has 7 nitrogen and oxygen atoms in total. The van der Waals surface area contributed by atoms with Gasteiger partial charge in [-0.05, 0) is 25.0 Å². The van der Waals surface area contributed by atoms with Gasteiger partial charge in [0.05, 0.1) is 18.0 Å². The molecule has 0 amide bonds. The number of nitrogens with zero attached hydrogens (tertiary/aromatic N) is 2.